The van der Waals surface area contributed by atoms with Crippen LogP contribution in [-0.2, 0) is 6.42 Å². The van der Waals surface area contributed by atoms with Crippen molar-refractivity contribution in [3.05, 3.63) is 33.3 Å². The first-order valence-electron chi connectivity index (χ1n) is 4.06. The maximum Gasteiger partial charge on any atom is 0.337 e. The predicted octanol–water partition coefficient (Wildman–Crippen LogP) is 2.58. The Labute approximate surface area is 90.1 Å². The molecule has 0 heterocycles. The fourth-order valence-electron chi connectivity index (χ4n) is 1.15. The van der Waals surface area contributed by atoms with E-state index in [-0.39, 0.29) is 11.1 Å². The highest BCUT2D eigenvalue weighted by Crippen LogP contribution is 2.22. The molecule has 0 spiro atoms. The Hall–Kier alpha value is -1.34. The van der Waals surface area contributed by atoms with E-state index in [2.05, 4.69) is 15.9 Å². The van der Waals surface area contributed by atoms with E-state index in [0.29, 0.717) is 4.47 Å². The van der Waals surface area contributed by atoms with Gasteiger partial charge in [0.05, 0.1) is 11.1 Å². The molecule has 14 heavy (non-hydrogen) atoms. The molecule has 1 aromatic rings. The van der Waals surface area contributed by atoms with Crippen LogP contribution in [0.2, 0.25) is 0 Å². The Bertz CT molecular complexity index is 421. The van der Waals surface area contributed by atoms with Gasteiger partial charge in [0.15, 0.2) is 0 Å². The van der Waals surface area contributed by atoms with Crippen molar-refractivity contribution in [2.45, 2.75) is 13.3 Å². The predicted molar refractivity (Wildman–Crippen MR) is 55.2 cm³/mol. The van der Waals surface area contributed by atoms with Gasteiger partial charge in [-0.3, -0.25) is 0 Å². The lowest BCUT2D eigenvalue weighted by Crippen LogP contribution is -2.02. The van der Waals surface area contributed by atoms with Crippen molar-refractivity contribution in [2.75, 3.05) is 0 Å². The van der Waals surface area contributed by atoms with Gasteiger partial charge in [-0.15, -0.1) is 0 Å². The van der Waals surface area contributed by atoms with Crippen molar-refractivity contribution in [3.8, 4) is 6.07 Å². The van der Waals surface area contributed by atoms with Gasteiger partial charge in [-0.25, -0.2) is 4.79 Å². The molecule has 72 valence electrons. The summed E-state index contributed by atoms with van der Waals surface area (Å²) in [6, 6.07) is 5.17. The van der Waals surface area contributed by atoms with Crippen molar-refractivity contribution < 1.29 is 9.90 Å². The molecule has 0 aliphatic carbocycles. The quantitative estimate of drug-likeness (QED) is 0.882. The summed E-state index contributed by atoms with van der Waals surface area (Å²) in [5.41, 5.74) is 1.13. The molecule has 0 radical (unpaired) electrons. The van der Waals surface area contributed by atoms with E-state index in [4.69, 9.17) is 10.4 Å². The van der Waals surface area contributed by atoms with Crippen LogP contribution in [0.1, 0.15) is 28.4 Å². The van der Waals surface area contributed by atoms with Crippen molar-refractivity contribution in [1.82, 2.24) is 0 Å². The van der Waals surface area contributed by atoms with Crippen LogP contribution >= 0.6 is 15.9 Å². The smallest absolute Gasteiger partial charge is 0.337 e. The number of carbonyl (C=O) groups is 1. The Kier molecular flexibility index (Phi) is 3.26. The van der Waals surface area contributed by atoms with E-state index >= 15 is 0 Å². The average Bonchev–Trinajstić information content (AvgIpc) is 2.16. The SMILES string of the molecule is CCc1cc(Br)c(C#N)c(C(=O)O)c1. The summed E-state index contributed by atoms with van der Waals surface area (Å²) < 4.78 is 0.539. The van der Waals surface area contributed by atoms with Gasteiger partial charge in [0.25, 0.3) is 0 Å². The third kappa shape index (κ3) is 1.94. The normalized spacial score (nSPS) is 9.50. The molecule has 0 fully saturated rings. The number of aryl methyl sites for hydroxylation is 1. The lowest BCUT2D eigenvalue weighted by atomic mass is 10.0. The van der Waals surface area contributed by atoms with Crippen molar-refractivity contribution in [3.63, 3.8) is 0 Å². The van der Waals surface area contributed by atoms with E-state index in [0.717, 1.165) is 12.0 Å². The second kappa shape index (κ2) is 4.25. The first-order chi connectivity index (χ1) is 6.60. The Morgan fingerprint density at radius 2 is 2.29 bits per heavy atom. The van der Waals surface area contributed by atoms with E-state index in [9.17, 15) is 4.79 Å². The van der Waals surface area contributed by atoms with Gasteiger partial charge in [0.1, 0.15) is 6.07 Å². The number of halogens is 1. The summed E-state index contributed by atoms with van der Waals surface area (Å²) in [7, 11) is 0. The highest BCUT2D eigenvalue weighted by Gasteiger charge is 2.13. The third-order valence-corrected chi connectivity index (χ3v) is 2.53. The molecule has 0 atom stereocenters. The molecular formula is C10H8BrNO2. The molecule has 1 N–H and O–H groups in total. The summed E-state index contributed by atoms with van der Waals surface area (Å²) in [5, 5.41) is 17.6. The van der Waals surface area contributed by atoms with Gasteiger partial charge < -0.3 is 5.11 Å². The number of benzene rings is 1. The number of hydrogen-bond acceptors (Lipinski definition) is 2. The Morgan fingerprint density at radius 3 is 2.71 bits per heavy atom. The van der Waals surface area contributed by atoms with Crippen LogP contribution < -0.4 is 0 Å². The van der Waals surface area contributed by atoms with E-state index in [1.165, 1.54) is 6.07 Å². The van der Waals surface area contributed by atoms with Crippen LogP contribution in [0.3, 0.4) is 0 Å². The number of carboxylic acids is 1. The fraction of sp³-hybridized carbons (Fsp3) is 0.200. The van der Waals surface area contributed by atoms with Crippen molar-refractivity contribution in [1.29, 1.82) is 5.26 Å². The number of rotatable bonds is 2. The first kappa shape index (κ1) is 10.7. The molecule has 0 aliphatic heterocycles. The average molecular weight is 254 g/mol. The molecule has 0 saturated carbocycles. The zero-order chi connectivity index (χ0) is 10.7. The largest absolute Gasteiger partial charge is 0.478 e. The second-order valence-corrected chi connectivity index (χ2v) is 3.63. The summed E-state index contributed by atoms with van der Waals surface area (Å²) in [6.45, 7) is 1.93. The number of carboxylic acid groups (broad SMARTS) is 1. The molecule has 0 aliphatic rings. The number of aromatic carboxylic acids is 1. The Morgan fingerprint density at radius 1 is 1.64 bits per heavy atom. The van der Waals surface area contributed by atoms with Gasteiger partial charge >= 0.3 is 5.97 Å². The third-order valence-electron chi connectivity index (χ3n) is 1.90. The van der Waals surface area contributed by atoms with Crippen molar-refractivity contribution >= 4 is 21.9 Å². The molecule has 0 saturated heterocycles. The van der Waals surface area contributed by atoms with Gasteiger partial charge in [0, 0.05) is 4.47 Å². The topological polar surface area (TPSA) is 61.1 Å². The van der Waals surface area contributed by atoms with E-state index in [1.54, 1.807) is 6.07 Å². The van der Waals surface area contributed by atoms with Gasteiger partial charge in [-0.05, 0) is 40.0 Å². The highest BCUT2D eigenvalue weighted by atomic mass is 79.9. The molecule has 0 aromatic heterocycles. The zero-order valence-corrected chi connectivity index (χ0v) is 9.13. The number of hydrogen-bond donors (Lipinski definition) is 1. The molecule has 4 heteroatoms. The molecule has 0 bridgehead atoms. The van der Waals surface area contributed by atoms with Crippen LogP contribution in [0, 0.1) is 11.3 Å². The monoisotopic (exact) mass is 253 g/mol. The summed E-state index contributed by atoms with van der Waals surface area (Å²) in [4.78, 5) is 10.8. The second-order valence-electron chi connectivity index (χ2n) is 2.77. The van der Waals surface area contributed by atoms with E-state index < -0.39 is 5.97 Å². The molecule has 0 amide bonds. The number of nitrogens with zero attached hydrogens (tertiary/aromatic N) is 1. The van der Waals surface area contributed by atoms with Gasteiger partial charge in [0.2, 0.25) is 0 Å². The number of nitriles is 1. The fourth-order valence-corrected chi connectivity index (χ4v) is 1.75. The zero-order valence-electron chi connectivity index (χ0n) is 7.54. The lowest BCUT2D eigenvalue weighted by Gasteiger charge is -2.04. The minimum Gasteiger partial charge on any atom is -0.478 e. The molecular weight excluding hydrogens is 246 g/mol. The standard InChI is InChI=1S/C10H8BrNO2/c1-2-6-3-7(10(13)14)8(5-12)9(11)4-6/h3-4H,2H2,1H3,(H,13,14). The van der Waals surface area contributed by atoms with Gasteiger partial charge in [-0.1, -0.05) is 6.92 Å². The van der Waals surface area contributed by atoms with Crippen LogP contribution in [0.4, 0.5) is 0 Å². The maximum absolute atomic E-state index is 10.8. The van der Waals surface area contributed by atoms with Gasteiger partial charge in [-0.2, -0.15) is 5.26 Å². The lowest BCUT2D eigenvalue weighted by molar-refractivity contribution is 0.0696. The first-order valence-corrected chi connectivity index (χ1v) is 4.85. The maximum atomic E-state index is 10.8. The minimum absolute atomic E-state index is 0.0544. The molecule has 0 unspecified atom stereocenters. The molecule has 1 rings (SSSR count). The highest BCUT2D eigenvalue weighted by molar-refractivity contribution is 9.10. The van der Waals surface area contributed by atoms with E-state index in [1.807, 2.05) is 13.0 Å². The summed E-state index contributed by atoms with van der Waals surface area (Å²) in [5.74, 6) is -1.07. The van der Waals surface area contributed by atoms with Crippen LogP contribution in [-0.4, -0.2) is 11.1 Å². The molecule has 3 nitrogen and oxygen atoms in total. The van der Waals surface area contributed by atoms with Crippen LogP contribution in [0.5, 0.6) is 0 Å². The van der Waals surface area contributed by atoms with Crippen LogP contribution in [0.15, 0.2) is 16.6 Å². The minimum atomic E-state index is -1.07. The van der Waals surface area contributed by atoms with Crippen molar-refractivity contribution in [2.24, 2.45) is 0 Å². The summed E-state index contributed by atoms with van der Waals surface area (Å²) >= 11 is 3.18. The molecule has 1 aromatic carbocycles. The summed E-state index contributed by atoms with van der Waals surface area (Å²) in [6.07, 6.45) is 0.741. The Balaban J connectivity index is 3.45. The van der Waals surface area contributed by atoms with Crippen LogP contribution in [0.25, 0.3) is 0 Å².